The molecular formula is C34H29I2N3O6. The van der Waals surface area contributed by atoms with Gasteiger partial charge in [-0.1, -0.05) is 24.3 Å². The van der Waals surface area contributed by atoms with E-state index in [1.54, 1.807) is 24.3 Å². The standard InChI is InChI=1S/C34H29I2N3O6/c35-28-13-20(14-29(36)30(28)45-18-19-2-1-3-26(11-19)39(43)44)12-27-31(40)37-33(42)38(32(27)41)25-6-4-24(5-7-25)34-15-21-8-22(16-34)10-23(9-21)17-34/h1-7,11-14,21-23H,8-10,15-18H2,(H,37,40,42)/b27-12+. The normalized spacial score (nSPS) is 26.4. The van der Waals surface area contributed by atoms with Crippen LogP contribution in [-0.4, -0.2) is 22.8 Å². The second kappa shape index (κ2) is 11.8. The third-order valence-corrected chi connectivity index (χ3v) is 11.3. The monoisotopic (exact) mass is 829 g/mol. The Bertz CT molecular complexity index is 1730. The maximum Gasteiger partial charge on any atom is 0.335 e. The van der Waals surface area contributed by atoms with Crippen LogP contribution in [0, 0.1) is 35.0 Å². The summed E-state index contributed by atoms with van der Waals surface area (Å²) in [5.41, 5.74) is 3.02. The molecule has 45 heavy (non-hydrogen) atoms. The Balaban J connectivity index is 1.10. The fourth-order valence-corrected chi connectivity index (χ4v) is 10.3. The molecule has 5 aliphatic rings. The van der Waals surface area contributed by atoms with Gasteiger partial charge < -0.3 is 4.74 Å². The summed E-state index contributed by atoms with van der Waals surface area (Å²) in [6.45, 7) is 0.133. The minimum absolute atomic E-state index is 0.0102. The van der Waals surface area contributed by atoms with Crippen molar-refractivity contribution >= 4 is 80.5 Å². The van der Waals surface area contributed by atoms with E-state index in [4.69, 9.17) is 4.74 Å². The molecule has 0 unspecified atom stereocenters. The molecule has 8 rings (SSSR count). The van der Waals surface area contributed by atoms with Crippen LogP contribution in [0.15, 0.2) is 66.2 Å². The van der Waals surface area contributed by atoms with Crippen molar-refractivity contribution in [1.29, 1.82) is 0 Å². The zero-order valence-electron chi connectivity index (χ0n) is 24.1. The van der Waals surface area contributed by atoms with Gasteiger partial charge in [-0.05, 0) is 154 Å². The van der Waals surface area contributed by atoms with Crippen molar-refractivity contribution in [2.75, 3.05) is 4.90 Å². The summed E-state index contributed by atoms with van der Waals surface area (Å²) in [4.78, 5) is 51.1. The van der Waals surface area contributed by atoms with E-state index < -0.39 is 22.8 Å². The van der Waals surface area contributed by atoms with Crippen LogP contribution in [0.2, 0.25) is 0 Å². The predicted octanol–water partition coefficient (Wildman–Crippen LogP) is 7.52. The quantitative estimate of drug-likeness (QED) is 0.0866. The number of ether oxygens (including phenoxy) is 1. The molecule has 4 amide bonds. The van der Waals surface area contributed by atoms with Gasteiger partial charge in [0.15, 0.2) is 0 Å². The summed E-state index contributed by atoms with van der Waals surface area (Å²) in [7, 11) is 0. The smallest absolute Gasteiger partial charge is 0.335 e. The van der Waals surface area contributed by atoms with E-state index in [0.717, 1.165) is 29.8 Å². The number of carbonyl (C=O) groups excluding carboxylic acids is 3. The number of hydrogen-bond donors (Lipinski definition) is 1. The van der Waals surface area contributed by atoms with Crippen LogP contribution in [0.3, 0.4) is 0 Å². The van der Waals surface area contributed by atoms with Gasteiger partial charge in [-0.2, -0.15) is 0 Å². The molecule has 1 saturated heterocycles. The molecule has 230 valence electrons. The molecule has 11 heteroatoms. The maximum atomic E-state index is 13.6. The summed E-state index contributed by atoms with van der Waals surface area (Å²) in [6.07, 6.45) is 9.22. The highest BCUT2D eigenvalue weighted by atomic mass is 127. The number of nitro benzene ring substituents is 1. The molecule has 4 aliphatic carbocycles. The van der Waals surface area contributed by atoms with Gasteiger partial charge in [0.1, 0.15) is 17.9 Å². The molecule has 0 aromatic heterocycles. The lowest BCUT2D eigenvalue weighted by Gasteiger charge is -2.57. The van der Waals surface area contributed by atoms with E-state index in [0.29, 0.717) is 22.6 Å². The van der Waals surface area contributed by atoms with Gasteiger partial charge in [0, 0.05) is 12.1 Å². The Morgan fingerprint density at radius 3 is 2.16 bits per heavy atom. The van der Waals surface area contributed by atoms with Gasteiger partial charge >= 0.3 is 6.03 Å². The molecule has 5 fully saturated rings. The van der Waals surface area contributed by atoms with Crippen molar-refractivity contribution in [2.45, 2.75) is 50.5 Å². The summed E-state index contributed by atoms with van der Waals surface area (Å²) >= 11 is 4.22. The molecule has 9 nitrogen and oxygen atoms in total. The minimum atomic E-state index is -0.765. The number of nitrogens with zero attached hydrogens (tertiary/aromatic N) is 2. The average Bonchev–Trinajstić information content (AvgIpc) is 2.98. The highest BCUT2D eigenvalue weighted by molar-refractivity contribution is 14.1. The Labute approximate surface area is 287 Å². The van der Waals surface area contributed by atoms with Gasteiger partial charge in [-0.3, -0.25) is 25.0 Å². The van der Waals surface area contributed by atoms with Crippen molar-refractivity contribution in [1.82, 2.24) is 5.32 Å². The second-order valence-corrected chi connectivity index (χ2v) is 15.1. The van der Waals surface area contributed by atoms with Gasteiger partial charge in [0.2, 0.25) is 0 Å². The van der Waals surface area contributed by atoms with E-state index in [1.165, 1.54) is 62.3 Å². The molecule has 4 bridgehead atoms. The molecule has 1 heterocycles. The average molecular weight is 829 g/mol. The first kappa shape index (κ1) is 30.3. The van der Waals surface area contributed by atoms with Crippen molar-refractivity contribution < 1.29 is 24.0 Å². The molecule has 0 radical (unpaired) electrons. The zero-order valence-corrected chi connectivity index (χ0v) is 28.4. The van der Waals surface area contributed by atoms with Crippen LogP contribution >= 0.6 is 45.2 Å². The lowest BCUT2D eigenvalue weighted by atomic mass is 9.48. The predicted molar refractivity (Wildman–Crippen MR) is 185 cm³/mol. The Morgan fingerprint density at radius 2 is 1.56 bits per heavy atom. The number of imide groups is 2. The minimum Gasteiger partial charge on any atom is -0.487 e. The number of carbonyl (C=O) groups is 3. The van der Waals surface area contributed by atoms with Crippen molar-refractivity contribution in [3.05, 3.63) is 100 Å². The van der Waals surface area contributed by atoms with Crippen LogP contribution in [0.4, 0.5) is 16.2 Å². The lowest BCUT2D eigenvalue weighted by Crippen LogP contribution is -2.54. The van der Waals surface area contributed by atoms with Crippen molar-refractivity contribution in [3.63, 3.8) is 0 Å². The molecule has 1 N–H and O–H groups in total. The third-order valence-electron chi connectivity index (χ3n) is 9.71. The summed E-state index contributed by atoms with van der Waals surface area (Å²) < 4.78 is 7.45. The van der Waals surface area contributed by atoms with Gasteiger partial charge in [-0.25, -0.2) is 9.69 Å². The number of anilines is 1. The van der Waals surface area contributed by atoms with Crippen molar-refractivity contribution in [2.24, 2.45) is 17.8 Å². The number of amides is 4. The van der Waals surface area contributed by atoms with Crippen LogP contribution in [0.1, 0.15) is 55.2 Å². The molecule has 0 spiro atoms. The van der Waals surface area contributed by atoms with Gasteiger partial charge in [0.25, 0.3) is 17.5 Å². The van der Waals surface area contributed by atoms with E-state index in [2.05, 4.69) is 62.6 Å². The summed E-state index contributed by atoms with van der Waals surface area (Å²) in [5.74, 6) is 1.58. The molecular weight excluding hydrogens is 800 g/mol. The highest BCUT2D eigenvalue weighted by Crippen LogP contribution is 2.60. The number of barbiturate groups is 1. The van der Waals surface area contributed by atoms with E-state index >= 15 is 0 Å². The summed E-state index contributed by atoms with van der Waals surface area (Å²) in [5, 5.41) is 13.4. The number of nitro groups is 1. The molecule has 0 atom stereocenters. The fraction of sp³-hybridized carbons (Fsp3) is 0.324. The Morgan fingerprint density at radius 1 is 0.933 bits per heavy atom. The van der Waals surface area contributed by atoms with Crippen LogP contribution in [-0.2, 0) is 21.6 Å². The number of urea groups is 1. The van der Waals surface area contributed by atoms with Gasteiger partial charge in [0.05, 0.1) is 17.8 Å². The van der Waals surface area contributed by atoms with Crippen LogP contribution in [0.25, 0.3) is 6.08 Å². The van der Waals surface area contributed by atoms with E-state index in [-0.39, 0.29) is 23.3 Å². The second-order valence-electron chi connectivity index (χ2n) is 12.7. The first-order chi connectivity index (χ1) is 21.6. The SMILES string of the molecule is O=C1NC(=O)N(c2ccc(C34CC5CC(CC(C5)C3)C4)cc2)C(=O)/C1=C/c1cc(I)c(OCc2cccc([N+](=O)[O-])c2)c(I)c1. The summed E-state index contributed by atoms with van der Waals surface area (Å²) in [6, 6.07) is 16.8. The molecule has 3 aromatic carbocycles. The Kier molecular flexibility index (Phi) is 7.95. The number of benzene rings is 3. The van der Waals surface area contributed by atoms with Crippen molar-refractivity contribution in [3.8, 4) is 5.75 Å². The maximum absolute atomic E-state index is 13.6. The topological polar surface area (TPSA) is 119 Å². The first-order valence-electron chi connectivity index (χ1n) is 15.0. The fourth-order valence-electron chi connectivity index (χ4n) is 8.20. The number of nitrogens with one attached hydrogen (secondary N) is 1. The third kappa shape index (κ3) is 5.77. The first-order valence-corrected chi connectivity index (χ1v) is 17.1. The molecule has 4 saturated carbocycles. The van der Waals surface area contributed by atoms with Gasteiger partial charge in [-0.15, -0.1) is 0 Å². The largest absolute Gasteiger partial charge is 0.487 e. The number of halogens is 2. The number of hydrogen-bond acceptors (Lipinski definition) is 6. The zero-order chi connectivity index (χ0) is 31.5. The van der Waals surface area contributed by atoms with Crippen LogP contribution in [0.5, 0.6) is 5.75 Å². The molecule has 3 aromatic rings. The van der Waals surface area contributed by atoms with E-state index in [1.807, 2.05) is 12.1 Å². The Hall–Kier alpha value is -3.33. The van der Waals surface area contributed by atoms with Crippen LogP contribution < -0.4 is 15.0 Å². The lowest BCUT2D eigenvalue weighted by molar-refractivity contribution is -0.384. The molecule has 1 aliphatic heterocycles. The number of rotatable bonds is 7. The highest BCUT2D eigenvalue weighted by Gasteiger charge is 2.51. The van der Waals surface area contributed by atoms with E-state index in [9.17, 15) is 24.5 Å². The number of non-ortho nitro benzene ring substituents is 1.